The molecule has 8 heteroatoms. The van der Waals surface area contributed by atoms with Gasteiger partial charge in [-0.05, 0) is 32.6 Å². The zero-order valence-corrected chi connectivity index (χ0v) is 13.5. The average Bonchev–Trinajstić information content (AvgIpc) is 2.72. The fourth-order valence-electron chi connectivity index (χ4n) is 3.07. The summed E-state index contributed by atoms with van der Waals surface area (Å²) >= 11 is 0. The van der Waals surface area contributed by atoms with Crippen molar-refractivity contribution in [2.45, 2.75) is 45.4 Å². The van der Waals surface area contributed by atoms with Crippen LogP contribution < -0.4 is 0 Å². The van der Waals surface area contributed by atoms with Crippen LogP contribution in [0, 0.1) is 19.8 Å². The number of rotatable bonds is 3. The van der Waals surface area contributed by atoms with E-state index in [4.69, 9.17) is 0 Å². The van der Waals surface area contributed by atoms with Crippen molar-refractivity contribution in [3.8, 4) is 0 Å². The molecule has 23 heavy (non-hydrogen) atoms. The lowest BCUT2D eigenvalue weighted by molar-refractivity contribution is -0.222. The number of halogens is 3. The minimum Gasteiger partial charge on any atom is -0.383 e. The maximum Gasteiger partial charge on any atom is 0.414 e. The fraction of sp³-hybridized carbons (Fsp3) is 0.733. The Balaban J connectivity index is 1.94. The van der Waals surface area contributed by atoms with E-state index in [2.05, 4.69) is 5.10 Å². The molecular formula is C15H22F3N3O2. The number of nitrogens with zero attached hydrogens (tertiary/aromatic N) is 3. The summed E-state index contributed by atoms with van der Waals surface area (Å²) in [6.45, 7) is 4.21. The zero-order valence-electron chi connectivity index (χ0n) is 13.5. The van der Waals surface area contributed by atoms with Gasteiger partial charge in [0.05, 0.1) is 12.1 Å². The number of aliphatic hydroxyl groups excluding tert-OH is 1. The Labute approximate surface area is 133 Å². The van der Waals surface area contributed by atoms with Crippen molar-refractivity contribution in [3.63, 3.8) is 0 Å². The molecule has 5 nitrogen and oxygen atoms in total. The van der Waals surface area contributed by atoms with E-state index in [1.54, 1.807) is 16.6 Å². The van der Waals surface area contributed by atoms with E-state index in [0.29, 0.717) is 0 Å². The minimum atomic E-state index is -4.60. The van der Waals surface area contributed by atoms with Gasteiger partial charge in [0.2, 0.25) is 5.91 Å². The van der Waals surface area contributed by atoms with Crippen LogP contribution in [0.25, 0.3) is 0 Å². The number of piperidine rings is 1. The van der Waals surface area contributed by atoms with E-state index in [1.807, 2.05) is 13.8 Å². The van der Waals surface area contributed by atoms with Crippen LogP contribution in [0.15, 0.2) is 0 Å². The second-order valence-corrected chi connectivity index (χ2v) is 6.15. The summed E-state index contributed by atoms with van der Waals surface area (Å²) in [5.41, 5.74) is 2.58. The zero-order chi connectivity index (χ0) is 17.4. The topological polar surface area (TPSA) is 58.4 Å². The van der Waals surface area contributed by atoms with Crippen molar-refractivity contribution in [3.05, 3.63) is 17.0 Å². The number of carbonyl (C=O) groups is 1. The van der Waals surface area contributed by atoms with Crippen LogP contribution in [-0.2, 0) is 18.3 Å². The number of aryl methyl sites for hydroxylation is 2. The summed E-state index contributed by atoms with van der Waals surface area (Å²) < 4.78 is 39.3. The van der Waals surface area contributed by atoms with Gasteiger partial charge < -0.3 is 10.0 Å². The summed E-state index contributed by atoms with van der Waals surface area (Å²) in [4.78, 5) is 13.9. The molecule has 0 saturated carbocycles. The third-order valence-electron chi connectivity index (χ3n) is 4.66. The molecule has 1 aromatic rings. The predicted molar refractivity (Wildman–Crippen MR) is 77.8 cm³/mol. The largest absolute Gasteiger partial charge is 0.414 e. The minimum absolute atomic E-state index is 0.107. The molecule has 1 unspecified atom stereocenters. The molecule has 130 valence electrons. The summed E-state index contributed by atoms with van der Waals surface area (Å²) in [5.74, 6) is -0.940. The molecule has 1 N–H and O–H groups in total. The molecule has 1 aliphatic rings. The third-order valence-corrected chi connectivity index (χ3v) is 4.66. The third kappa shape index (κ3) is 3.85. The molecule has 0 radical (unpaired) electrons. The van der Waals surface area contributed by atoms with Crippen molar-refractivity contribution in [2.75, 3.05) is 13.1 Å². The van der Waals surface area contributed by atoms with Gasteiger partial charge >= 0.3 is 6.18 Å². The summed E-state index contributed by atoms with van der Waals surface area (Å²) in [6.07, 6.45) is -6.37. The van der Waals surface area contributed by atoms with E-state index in [1.165, 1.54) is 0 Å². The van der Waals surface area contributed by atoms with Gasteiger partial charge in [-0.15, -0.1) is 0 Å². The number of aromatic nitrogens is 2. The van der Waals surface area contributed by atoms with Crippen LogP contribution in [-0.4, -0.2) is 51.1 Å². The number of alkyl halides is 3. The van der Waals surface area contributed by atoms with Gasteiger partial charge in [-0.25, -0.2) is 0 Å². The molecule has 0 aromatic carbocycles. The quantitative estimate of drug-likeness (QED) is 0.917. The Hall–Kier alpha value is -1.57. The molecule has 1 atom stereocenters. The smallest absolute Gasteiger partial charge is 0.383 e. The molecular weight excluding hydrogens is 311 g/mol. The first-order chi connectivity index (χ1) is 10.6. The highest BCUT2D eigenvalue weighted by Gasteiger charge is 2.44. The van der Waals surface area contributed by atoms with E-state index < -0.39 is 18.2 Å². The monoisotopic (exact) mass is 333 g/mol. The highest BCUT2D eigenvalue weighted by molar-refractivity contribution is 5.79. The van der Waals surface area contributed by atoms with Crippen molar-refractivity contribution < 1.29 is 23.1 Å². The van der Waals surface area contributed by atoms with E-state index in [-0.39, 0.29) is 38.3 Å². The number of amides is 1. The van der Waals surface area contributed by atoms with Gasteiger partial charge in [-0.2, -0.15) is 18.3 Å². The predicted octanol–water partition coefficient (Wildman–Crippen LogP) is 1.74. The summed E-state index contributed by atoms with van der Waals surface area (Å²) in [6, 6.07) is 0. The van der Waals surface area contributed by atoms with Crippen LogP contribution in [0.3, 0.4) is 0 Å². The Morgan fingerprint density at radius 2 is 1.91 bits per heavy atom. The van der Waals surface area contributed by atoms with Gasteiger partial charge in [0.15, 0.2) is 6.10 Å². The van der Waals surface area contributed by atoms with Crippen LogP contribution in [0.1, 0.15) is 29.8 Å². The Morgan fingerprint density at radius 3 is 2.35 bits per heavy atom. The number of carbonyl (C=O) groups excluding carboxylic acids is 1. The fourth-order valence-corrected chi connectivity index (χ4v) is 3.07. The van der Waals surface area contributed by atoms with Gasteiger partial charge in [-0.3, -0.25) is 9.48 Å². The first-order valence-electron chi connectivity index (χ1n) is 7.63. The van der Waals surface area contributed by atoms with Gasteiger partial charge in [0.25, 0.3) is 0 Å². The number of hydrogen-bond donors (Lipinski definition) is 1. The summed E-state index contributed by atoms with van der Waals surface area (Å²) in [5, 5.41) is 13.6. The second kappa shape index (κ2) is 6.51. The van der Waals surface area contributed by atoms with Crippen LogP contribution in [0.2, 0.25) is 0 Å². The highest BCUT2D eigenvalue weighted by Crippen LogP contribution is 2.31. The molecule has 1 aliphatic heterocycles. The average molecular weight is 333 g/mol. The van der Waals surface area contributed by atoms with Crippen molar-refractivity contribution >= 4 is 5.91 Å². The Kier molecular flexibility index (Phi) is 5.03. The molecule has 0 bridgehead atoms. The molecule has 2 rings (SSSR count). The van der Waals surface area contributed by atoms with Crippen LogP contribution >= 0.6 is 0 Å². The van der Waals surface area contributed by atoms with Crippen LogP contribution in [0.4, 0.5) is 13.2 Å². The van der Waals surface area contributed by atoms with Gasteiger partial charge in [0, 0.05) is 31.4 Å². The van der Waals surface area contributed by atoms with Crippen molar-refractivity contribution in [1.29, 1.82) is 0 Å². The number of hydrogen-bond acceptors (Lipinski definition) is 3. The first kappa shape index (κ1) is 17.8. The van der Waals surface area contributed by atoms with Gasteiger partial charge in [-0.1, -0.05) is 0 Å². The maximum atomic E-state index is 12.5. The van der Waals surface area contributed by atoms with E-state index in [0.717, 1.165) is 17.0 Å². The number of likely N-dealkylation sites (tertiary alicyclic amines) is 1. The SMILES string of the molecule is Cc1nn(C)c(C)c1CC(=O)N1CCC(C(O)C(F)(F)F)CC1. The lowest BCUT2D eigenvalue weighted by Crippen LogP contribution is -2.45. The molecule has 0 aliphatic carbocycles. The first-order valence-corrected chi connectivity index (χ1v) is 7.63. The van der Waals surface area contributed by atoms with Crippen molar-refractivity contribution in [2.24, 2.45) is 13.0 Å². The Bertz CT molecular complexity index is 575. The normalized spacial score (nSPS) is 18.3. The molecule has 1 aromatic heterocycles. The molecule has 0 spiro atoms. The summed E-state index contributed by atoms with van der Waals surface area (Å²) in [7, 11) is 1.81. The van der Waals surface area contributed by atoms with Crippen molar-refractivity contribution in [1.82, 2.24) is 14.7 Å². The van der Waals surface area contributed by atoms with E-state index in [9.17, 15) is 23.1 Å². The Morgan fingerprint density at radius 1 is 1.35 bits per heavy atom. The molecule has 1 amide bonds. The van der Waals surface area contributed by atoms with E-state index >= 15 is 0 Å². The molecule has 1 saturated heterocycles. The molecule has 1 fully saturated rings. The van der Waals surface area contributed by atoms with Crippen LogP contribution in [0.5, 0.6) is 0 Å². The second-order valence-electron chi connectivity index (χ2n) is 6.15. The number of aliphatic hydroxyl groups is 1. The van der Waals surface area contributed by atoms with Gasteiger partial charge in [0.1, 0.15) is 0 Å². The maximum absolute atomic E-state index is 12.5. The highest BCUT2D eigenvalue weighted by atomic mass is 19.4. The lowest BCUT2D eigenvalue weighted by atomic mass is 9.90. The molecule has 2 heterocycles. The lowest BCUT2D eigenvalue weighted by Gasteiger charge is -2.34. The standard InChI is InChI=1S/C15H22F3N3O2/c1-9-12(10(2)20(3)19-9)8-13(22)21-6-4-11(5-7-21)14(23)15(16,17)18/h11,14,23H,4-8H2,1-3H3.